The van der Waals surface area contributed by atoms with Gasteiger partial charge in [0.1, 0.15) is 0 Å². The van der Waals surface area contributed by atoms with Crippen molar-refractivity contribution in [3.63, 3.8) is 0 Å². The van der Waals surface area contributed by atoms with Crippen LogP contribution in [-0.2, 0) is 14.9 Å². The lowest BCUT2D eigenvalue weighted by Crippen LogP contribution is -2.43. The van der Waals surface area contributed by atoms with E-state index < -0.39 is 10.1 Å². The molecule has 0 aliphatic carbocycles. The minimum absolute atomic E-state index is 0.112. The second kappa shape index (κ2) is 10.0. The molecular weight excluding hydrogens is 256 g/mol. The molecule has 6 nitrogen and oxygen atoms in total. The number of nitrogens with one attached hydrogen (secondary N) is 1. The SMILES string of the molecule is C=CC(=O)NC(CC)N(C)C.CCCS(=O)(=O)O. The maximum atomic E-state index is 10.8. The van der Waals surface area contributed by atoms with Crippen LogP contribution in [0.4, 0.5) is 0 Å². The molecular formula is C11H24N2O4S. The summed E-state index contributed by atoms with van der Waals surface area (Å²) in [5.41, 5.74) is 0. The van der Waals surface area contributed by atoms with Gasteiger partial charge >= 0.3 is 0 Å². The molecule has 0 aliphatic heterocycles. The average molecular weight is 280 g/mol. The molecule has 0 saturated heterocycles. The van der Waals surface area contributed by atoms with Crippen molar-refractivity contribution in [2.24, 2.45) is 0 Å². The Labute approximate surface area is 110 Å². The van der Waals surface area contributed by atoms with E-state index in [9.17, 15) is 13.2 Å². The first-order valence-corrected chi connectivity index (χ1v) is 7.33. The van der Waals surface area contributed by atoms with Gasteiger partial charge in [0, 0.05) is 0 Å². The highest BCUT2D eigenvalue weighted by Gasteiger charge is 2.08. The van der Waals surface area contributed by atoms with E-state index in [0.29, 0.717) is 6.42 Å². The molecule has 0 fully saturated rings. The van der Waals surface area contributed by atoms with Crippen LogP contribution in [0.25, 0.3) is 0 Å². The van der Waals surface area contributed by atoms with E-state index in [1.807, 2.05) is 25.9 Å². The number of hydrogen-bond donors (Lipinski definition) is 2. The van der Waals surface area contributed by atoms with Gasteiger partial charge < -0.3 is 5.32 Å². The second-order valence-electron chi connectivity index (χ2n) is 3.89. The summed E-state index contributed by atoms with van der Waals surface area (Å²) in [6, 6.07) is 0. The molecule has 1 amide bonds. The Morgan fingerprint density at radius 1 is 1.44 bits per heavy atom. The van der Waals surface area contributed by atoms with Crippen molar-refractivity contribution in [3.05, 3.63) is 12.7 Å². The van der Waals surface area contributed by atoms with Crippen LogP contribution in [0, 0.1) is 0 Å². The highest BCUT2D eigenvalue weighted by molar-refractivity contribution is 7.85. The van der Waals surface area contributed by atoms with Gasteiger partial charge in [0.25, 0.3) is 10.1 Å². The maximum absolute atomic E-state index is 10.8. The molecule has 0 heterocycles. The largest absolute Gasteiger partial charge is 0.337 e. The molecule has 0 aromatic heterocycles. The molecule has 0 rings (SSSR count). The van der Waals surface area contributed by atoms with Crippen molar-refractivity contribution in [2.45, 2.75) is 32.9 Å². The van der Waals surface area contributed by atoms with E-state index in [1.165, 1.54) is 6.08 Å². The number of amides is 1. The van der Waals surface area contributed by atoms with Crippen LogP contribution in [0.1, 0.15) is 26.7 Å². The summed E-state index contributed by atoms with van der Waals surface area (Å²) in [6.07, 6.45) is 2.76. The first kappa shape index (κ1) is 19.4. The first-order valence-electron chi connectivity index (χ1n) is 5.72. The summed E-state index contributed by atoms with van der Waals surface area (Å²) in [4.78, 5) is 12.8. The van der Waals surface area contributed by atoms with Gasteiger partial charge in [-0.2, -0.15) is 8.42 Å². The van der Waals surface area contributed by atoms with Crippen molar-refractivity contribution >= 4 is 16.0 Å². The molecule has 1 unspecified atom stereocenters. The monoisotopic (exact) mass is 280 g/mol. The summed E-state index contributed by atoms with van der Waals surface area (Å²) in [5.74, 6) is -0.252. The Morgan fingerprint density at radius 2 is 1.94 bits per heavy atom. The fraction of sp³-hybridized carbons (Fsp3) is 0.727. The van der Waals surface area contributed by atoms with Crippen LogP contribution < -0.4 is 5.32 Å². The topological polar surface area (TPSA) is 86.7 Å². The smallest absolute Gasteiger partial charge is 0.264 e. The Morgan fingerprint density at radius 3 is 2.11 bits per heavy atom. The molecule has 18 heavy (non-hydrogen) atoms. The van der Waals surface area contributed by atoms with Gasteiger partial charge in [-0.15, -0.1) is 0 Å². The van der Waals surface area contributed by atoms with E-state index >= 15 is 0 Å². The van der Waals surface area contributed by atoms with E-state index in [2.05, 4.69) is 11.9 Å². The van der Waals surface area contributed by atoms with Crippen molar-refractivity contribution < 1.29 is 17.8 Å². The minimum atomic E-state index is -3.67. The van der Waals surface area contributed by atoms with Gasteiger partial charge in [-0.25, -0.2) is 0 Å². The lowest BCUT2D eigenvalue weighted by Gasteiger charge is -2.23. The Kier molecular flexibility index (Phi) is 10.8. The fourth-order valence-corrected chi connectivity index (χ4v) is 1.59. The first-order chi connectivity index (χ1) is 8.17. The van der Waals surface area contributed by atoms with Crippen LogP contribution in [0.3, 0.4) is 0 Å². The van der Waals surface area contributed by atoms with Crippen molar-refractivity contribution in [3.8, 4) is 0 Å². The average Bonchev–Trinajstić information content (AvgIpc) is 2.24. The van der Waals surface area contributed by atoms with Gasteiger partial charge in [0.05, 0.1) is 11.9 Å². The zero-order valence-corrected chi connectivity index (χ0v) is 12.3. The predicted octanol–water partition coefficient (Wildman–Crippen LogP) is 0.870. The number of hydrogen-bond acceptors (Lipinski definition) is 4. The molecule has 0 aromatic rings. The summed E-state index contributed by atoms with van der Waals surface area (Å²) in [7, 11) is 0.182. The van der Waals surface area contributed by atoms with Gasteiger partial charge in [0.2, 0.25) is 5.91 Å². The van der Waals surface area contributed by atoms with E-state index in [4.69, 9.17) is 4.55 Å². The summed E-state index contributed by atoms with van der Waals surface area (Å²) < 4.78 is 27.6. The highest BCUT2D eigenvalue weighted by atomic mass is 32.2. The molecule has 108 valence electrons. The quantitative estimate of drug-likeness (QED) is 0.428. The van der Waals surface area contributed by atoms with Crippen molar-refractivity contribution in [1.82, 2.24) is 10.2 Å². The fourth-order valence-electron chi connectivity index (χ4n) is 1.08. The van der Waals surface area contributed by atoms with Crippen LogP contribution in [0.5, 0.6) is 0 Å². The van der Waals surface area contributed by atoms with E-state index in [0.717, 1.165) is 6.42 Å². The molecule has 0 bridgehead atoms. The van der Waals surface area contributed by atoms with E-state index in [1.54, 1.807) is 6.92 Å². The van der Waals surface area contributed by atoms with Crippen molar-refractivity contribution in [1.29, 1.82) is 0 Å². The van der Waals surface area contributed by atoms with Gasteiger partial charge in [-0.1, -0.05) is 20.4 Å². The highest BCUT2D eigenvalue weighted by Crippen LogP contribution is 1.93. The molecule has 0 aromatic carbocycles. The van der Waals surface area contributed by atoms with Gasteiger partial charge in [-0.05, 0) is 33.0 Å². The molecule has 2 N–H and O–H groups in total. The molecule has 0 spiro atoms. The van der Waals surface area contributed by atoms with Crippen LogP contribution >= 0.6 is 0 Å². The standard InChI is InChI=1S/C8H16N2O.C3H8O3S/c1-5-7(10(3)4)9-8(11)6-2;1-2-3-7(4,5)6/h6-7H,2,5H2,1,3-4H3,(H,9,11);2-3H2,1H3,(H,4,5,6). The number of rotatable bonds is 6. The number of carbonyl (C=O) groups is 1. The molecule has 1 atom stereocenters. The summed E-state index contributed by atoms with van der Waals surface area (Å²) >= 11 is 0. The Bertz CT molecular complexity index is 339. The molecule has 0 saturated carbocycles. The Balaban J connectivity index is 0. The third kappa shape index (κ3) is 13.1. The maximum Gasteiger partial charge on any atom is 0.264 e. The summed E-state index contributed by atoms with van der Waals surface area (Å²) in [5, 5.41) is 2.78. The van der Waals surface area contributed by atoms with Gasteiger partial charge in [-0.3, -0.25) is 14.2 Å². The minimum Gasteiger partial charge on any atom is -0.337 e. The molecule has 0 aliphatic rings. The summed E-state index contributed by atoms with van der Waals surface area (Å²) in [6.45, 7) is 7.09. The van der Waals surface area contributed by atoms with Crippen molar-refractivity contribution in [2.75, 3.05) is 19.8 Å². The number of carbonyl (C=O) groups excluding carboxylic acids is 1. The number of nitrogens with zero attached hydrogens (tertiary/aromatic N) is 1. The molecule has 0 radical (unpaired) electrons. The molecule has 7 heteroatoms. The predicted molar refractivity (Wildman–Crippen MR) is 72.8 cm³/mol. The normalized spacial score (nSPS) is 12.3. The zero-order chi connectivity index (χ0) is 14.8. The van der Waals surface area contributed by atoms with Crippen LogP contribution in [0.15, 0.2) is 12.7 Å². The third-order valence-corrected chi connectivity index (χ3v) is 2.89. The van der Waals surface area contributed by atoms with Crippen LogP contribution in [-0.4, -0.2) is 49.8 Å². The second-order valence-corrected chi connectivity index (χ2v) is 5.46. The van der Waals surface area contributed by atoms with Crippen LogP contribution in [0.2, 0.25) is 0 Å². The lowest BCUT2D eigenvalue weighted by molar-refractivity contribution is -0.118. The lowest BCUT2D eigenvalue weighted by atomic mass is 10.3. The van der Waals surface area contributed by atoms with E-state index in [-0.39, 0.29) is 17.8 Å². The van der Waals surface area contributed by atoms with Gasteiger partial charge in [0.15, 0.2) is 0 Å². The third-order valence-electron chi connectivity index (χ3n) is 1.97. The Hall–Kier alpha value is -0.920. The zero-order valence-electron chi connectivity index (χ0n) is 11.5.